The van der Waals surface area contributed by atoms with Gasteiger partial charge in [0.1, 0.15) is 5.75 Å². The van der Waals surface area contributed by atoms with E-state index in [1.807, 2.05) is 41.3 Å². The molecule has 2 aliphatic rings. The van der Waals surface area contributed by atoms with Crippen molar-refractivity contribution < 1.29 is 14.3 Å². The first kappa shape index (κ1) is 16.8. The molecular formula is C20H23N3O3. The Morgan fingerprint density at radius 1 is 1.12 bits per heavy atom. The van der Waals surface area contributed by atoms with E-state index < -0.39 is 0 Å². The molecule has 1 saturated heterocycles. The summed E-state index contributed by atoms with van der Waals surface area (Å²) in [5, 5.41) is 8.13. The van der Waals surface area contributed by atoms with E-state index >= 15 is 0 Å². The first-order valence-corrected chi connectivity index (χ1v) is 9.15. The van der Waals surface area contributed by atoms with Crippen molar-refractivity contribution in [2.45, 2.75) is 18.9 Å². The third-order valence-electron chi connectivity index (χ3n) is 4.78. The standard InChI is InChI=1S/C20H23N3O3/c24-19(22-16-5-6-16)13-26-18-12-15-4-2-1-3-14(15)11-17(18)20(25)23-9-7-21-8-10-23/h1-4,11-12,16,21H,5-10,13H2,(H,22,24). The molecule has 136 valence electrons. The van der Waals surface area contributed by atoms with E-state index in [0.717, 1.165) is 36.7 Å². The fraction of sp³-hybridized carbons (Fsp3) is 0.400. The summed E-state index contributed by atoms with van der Waals surface area (Å²) < 4.78 is 5.77. The number of hydrogen-bond donors (Lipinski definition) is 2. The predicted octanol–water partition coefficient (Wildman–Crippen LogP) is 1.54. The first-order valence-electron chi connectivity index (χ1n) is 9.15. The van der Waals surface area contributed by atoms with Crippen LogP contribution >= 0.6 is 0 Å². The molecule has 1 aliphatic heterocycles. The molecule has 1 aliphatic carbocycles. The molecule has 26 heavy (non-hydrogen) atoms. The van der Waals surface area contributed by atoms with Crippen LogP contribution in [0.2, 0.25) is 0 Å². The summed E-state index contributed by atoms with van der Waals surface area (Å²) in [6, 6.07) is 11.9. The van der Waals surface area contributed by atoms with Gasteiger partial charge in [0.2, 0.25) is 0 Å². The molecule has 2 aromatic carbocycles. The molecule has 1 saturated carbocycles. The van der Waals surface area contributed by atoms with Gasteiger partial charge in [-0.1, -0.05) is 24.3 Å². The Balaban J connectivity index is 1.59. The van der Waals surface area contributed by atoms with E-state index in [2.05, 4.69) is 10.6 Å². The largest absolute Gasteiger partial charge is 0.483 e. The summed E-state index contributed by atoms with van der Waals surface area (Å²) in [6.07, 6.45) is 2.07. The molecule has 0 bridgehead atoms. The van der Waals surface area contributed by atoms with Gasteiger partial charge < -0.3 is 20.3 Å². The summed E-state index contributed by atoms with van der Waals surface area (Å²) >= 11 is 0. The highest BCUT2D eigenvalue weighted by Crippen LogP contribution is 2.28. The fourth-order valence-electron chi connectivity index (χ4n) is 3.18. The van der Waals surface area contributed by atoms with Crippen molar-refractivity contribution in [2.75, 3.05) is 32.8 Å². The smallest absolute Gasteiger partial charge is 0.258 e. The number of carbonyl (C=O) groups is 2. The Morgan fingerprint density at radius 2 is 1.81 bits per heavy atom. The number of rotatable bonds is 5. The molecule has 6 heteroatoms. The van der Waals surface area contributed by atoms with Crippen LogP contribution in [0, 0.1) is 0 Å². The number of hydrogen-bond acceptors (Lipinski definition) is 4. The zero-order valence-corrected chi connectivity index (χ0v) is 14.7. The number of piperazine rings is 1. The van der Waals surface area contributed by atoms with Crippen LogP contribution in [0.15, 0.2) is 36.4 Å². The van der Waals surface area contributed by atoms with E-state index in [0.29, 0.717) is 30.4 Å². The highest BCUT2D eigenvalue weighted by molar-refractivity contribution is 6.01. The van der Waals surface area contributed by atoms with Crippen molar-refractivity contribution in [3.63, 3.8) is 0 Å². The lowest BCUT2D eigenvalue weighted by molar-refractivity contribution is -0.123. The highest BCUT2D eigenvalue weighted by Gasteiger charge is 2.25. The molecule has 1 heterocycles. The van der Waals surface area contributed by atoms with Gasteiger partial charge in [-0.25, -0.2) is 0 Å². The molecule has 0 spiro atoms. The van der Waals surface area contributed by atoms with Gasteiger partial charge in [-0.3, -0.25) is 9.59 Å². The van der Waals surface area contributed by atoms with Crippen molar-refractivity contribution >= 4 is 22.6 Å². The van der Waals surface area contributed by atoms with E-state index in [4.69, 9.17) is 4.74 Å². The molecule has 4 rings (SSSR count). The Bertz CT molecular complexity index is 826. The van der Waals surface area contributed by atoms with Crippen LogP contribution in [0.3, 0.4) is 0 Å². The van der Waals surface area contributed by atoms with Crippen molar-refractivity contribution in [1.29, 1.82) is 0 Å². The zero-order valence-electron chi connectivity index (χ0n) is 14.7. The van der Waals surface area contributed by atoms with Crippen LogP contribution in [-0.2, 0) is 4.79 Å². The van der Waals surface area contributed by atoms with Gasteiger partial charge >= 0.3 is 0 Å². The summed E-state index contributed by atoms with van der Waals surface area (Å²) in [6.45, 7) is 2.86. The Labute approximate surface area is 152 Å². The van der Waals surface area contributed by atoms with Crippen molar-refractivity contribution in [3.8, 4) is 5.75 Å². The first-order chi connectivity index (χ1) is 12.7. The van der Waals surface area contributed by atoms with Crippen molar-refractivity contribution in [3.05, 3.63) is 42.0 Å². The summed E-state index contributed by atoms with van der Waals surface area (Å²) in [5.74, 6) is 0.286. The predicted molar refractivity (Wildman–Crippen MR) is 99.4 cm³/mol. The minimum absolute atomic E-state index is 0.0464. The van der Waals surface area contributed by atoms with Crippen molar-refractivity contribution in [2.24, 2.45) is 0 Å². The van der Waals surface area contributed by atoms with E-state index in [9.17, 15) is 9.59 Å². The van der Waals surface area contributed by atoms with Gasteiger partial charge in [0.05, 0.1) is 5.56 Å². The maximum atomic E-state index is 13.0. The second kappa shape index (κ2) is 7.33. The number of nitrogens with zero attached hydrogens (tertiary/aromatic N) is 1. The lowest BCUT2D eigenvalue weighted by Crippen LogP contribution is -2.46. The molecule has 2 amide bonds. The van der Waals surface area contributed by atoms with Crippen LogP contribution in [0.25, 0.3) is 10.8 Å². The molecule has 2 fully saturated rings. The normalized spacial score (nSPS) is 17.2. The lowest BCUT2D eigenvalue weighted by atomic mass is 10.0. The maximum absolute atomic E-state index is 13.0. The minimum atomic E-state index is -0.138. The number of ether oxygens (including phenoxy) is 1. The number of amides is 2. The van der Waals surface area contributed by atoms with Gasteiger partial charge in [-0.2, -0.15) is 0 Å². The van der Waals surface area contributed by atoms with Gasteiger partial charge in [-0.15, -0.1) is 0 Å². The van der Waals surface area contributed by atoms with Crippen LogP contribution in [0.1, 0.15) is 23.2 Å². The third-order valence-corrected chi connectivity index (χ3v) is 4.78. The topological polar surface area (TPSA) is 70.7 Å². The average molecular weight is 353 g/mol. The molecule has 0 unspecified atom stereocenters. The van der Waals surface area contributed by atoms with Gasteiger partial charge in [0.25, 0.3) is 11.8 Å². The average Bonchev–Trinajstić information content (AvgIpc) is 3.49. The van der Waals surface area contributed by atoms with Crippen LogP contribution in [0.5, 0.6) is 5.75 Å². The summed E-state index contributed by atoms with van der Waals surface area (Å²) in [5.41, 5.74) is 0.518. The number of carbonyl (C=O) groups excluding carboxylic acids is 2. The van der Waals surface area contributed by atoms with Gasteiger partial charge in [0.15, 0.2) is 6.61 Å². The lowest BCUT2D eigenvalue weighted by Gasteiger charge is -2.28. The number of benzene rings is 2. The quantitative estimate of drug-likeness (QED) is 0.856. The number of fused-ring (bicyclic) bond motifs is 1. The van der Waals surface area contributed by atoms with E-state index in [1.54, 1.807) is 0 Å². The van der Waals surface area contributed by atoms with Gasteiger partial charge in [-0.05, 0) is 35.7 Å². The molecule has 0 atom stereocenters. The molecule has 2 aromatic rings. The highest BCUT2D eigenvalue weighted by atomic mass is 16.5. The maximum Gasteiger partial charge on any atom is 0.258 e. The zero-order chi connectivity index (χ0) is 17.9. The molecular weight excluding hydrogens is 330 g/mol. The number of nitrogens with one attached hydrogen (secondary N) is 2. The molecule has 2 N–H and O–H groups in total. The third kappa shape index (κ3) is 3.80. The summed E-state index contributed by atoms with van der Waals surface area (Å²) in [7, 11) is 0. The second-order valence-corrected chi connectivity index (χ2v) is 6.87. The Kier molecular flexibility index (Phi) is 4.75. The van der Waals surface area contributed by atoms with Gasteiger partial charge in [0, 0.05) is 32.2 Å². The van der Waals surface area contributed by atoms with Crippen LogP contribution in [-0.4, -0.2) is 55.5 Å². The van der Waals surface area contributed by atoms with E-state index in [1.165, 1.54) is 0 Å². The Hall–Kier alpha value is -2.60. The van der Waals surface area contributed by atoms with E-state index in [-0.39, 0.29) is 18.4 Å². The SMILES string of the molecule is O=C(COc1cc2ccccc2cc1C(=O)N1CCNCC1)NC1CC1. The van der Waals surface area contributed by atoms with Crippen LogP contribution in [0.4, 0.5) is 0 Å². The monoisotopic (exact) mass is 353 g/mol. The second-order valence-electron chi connectivity index (χ2n) is 6.87. The van der Waals surface area contributed by atoms with Crippen LogP contribution < -0.4 is 15.4 Å². The molecule has 0 radical (unpaired) electrons. The Morgan fingerprint density at radius 3 is 2.50 bits per heavy atom. The minimum Gasteiger partial charge on any atom is -0.483 e. The summed E-state index contributed by atoms with van der Waals surface area (Å²) in [4.78, 5) is 26.8. The molecule has 6 nitrogen and oxygen atoms in total. The molecule has 0 aromatic heterocycles. The fourth-order valence-corrected chi connectivity index (χ4v) is 3.18. The van der Waals surface area contributed by atoms with Crippen molar-refractivity contribution in [1.82, 2.24) is 15.5 Å².